The molecule has 0 fully saturated rings. The molecule has 1 atom stereocenters. The highest BCUT2D eigenvalue weighted by Crippen LogP contribution is 2.10. The molecule has 0 saturated heterocycles. The molecule has 0 aliphatic rings. The minimum Gasteiger partial charge on any atom is -0.356 e. The third kappa shape index (κ3) is 6.25. The highest BCUT2D eigenvalue weighted by molar-refractivity contribution is 5.90. The number of benzene rings is 1. The molecule has 2 rings (SSSR count). The third-order valence-electron chi connectivity index (χ3n) is 3.70. The summed E-state index contributed by atoms with van der Waals surface area (Å²) >= 11 is 0. The highest BCUT2D eigenvalue weighted by Gasteiger charge is 2.08. The van der Waals surface area contributed by atoms with Crippen molar-refractivity contribution in [3.8, 4) is 0 Å². The van der Waals surface area contributed by atoms with Gasteiger partial charge in [0, 0.05) is 26.2 Å². The first-order chi connectivity index (χ1) is 12.1. The number of carbonyl (C=O) groups is 1. The molecule has 0 aliphatic carbocycles. The SMILES string of the molecule is CN=C(NCCC(=O)Nc1ccc(C)cn1)NC(C)c1ccccc1. The minimum absolute atomic E-state index is 0.0876. The number of nitrogens with one attached hydrogen (secondary N) is 3. The van der Waals surface area contributed by atoms with Crippen molar-refractivity contribution in [1.82, 2.24) is 15.6 Å². The van der Waals surface area contributed by atoms with Crippen molar-refractivity contribution in [2.45, 2.75) is 26.3 Å². The fourth-order valence-corrected chi connectivity index (χ4v) is 2.27. The number of aromatic nitrogens is 1. The Balaban J connectivity index is 1.75. The van der Waals surface area contributed by atoms with E-state index in [1.165, 1.54) is 5.56 Å². The van der Waals surface area contributed by atoms with E-state index >= 15 is 0 Å². The van der Waals surface area contributed by atoms with Crippen LogP contribution in [0.3, 0.4) is 0 Å². The summed E-state index contributed by atoms with van der Waals surface area (Å²) in [5.74, 6) is 1.14. The number of hydrogen-bond acceptors (Lipinski definition) is 3. The van der Waals surface area contributed by atoms with Gasteiger partial charge in [0.1, 0.15) is 5.82 Å². The lowest BCUT2D eigenvalue weighted by molar-refractivity contribution is -0.116. The van der Waals surface area contributed by atoms with Gasteiger partial charge in [-0.25, -0.2) is 4.98 Å². The van der Waals surface area contributed by atoms with Crippen LogP contribution in [0, 0.1) is 6.92 Å². The van der Waals surface area contributed by atoms with Crippen LogP contribution in [0.4, 0.5) is 5.82 Å². The van der Waals surface area contributed by atoms with Gasteiger partial charge in [0.15, 0.2) is 5.96 Å². The average Bonchev–Trinajstić information content (AvgIpc) is 2.63. The van der Waals surface area contributed by atoms with Crippen LogP contribution in [-0.2, 0) is 4.79 Å². The quantitative estimate of drug-likeness (QED) is 0.558. The molecule has 0 bridgehead atoms. The molecule has 6 heteroatoms. The number of rotatable bonds is 6. The third-order valence-corrected chi connectivity index (χ3v) is 3.70. The number of hydrogen-bond donors (Lipinski definition) is 3. The number of aliphatic imine (C=N–C) groups is 1. The van der Waals surface area contributed by atoms with E-state index < -0.39 is 0 Å². The second-order valence-corrected chi connectivity index (χ2v) is 5.79. The zero-order valence-corrected chi connectivity index (χ0v) is 14.9. The summed E-state index contributed by atoms with van der Waals surface area (Å²) in [5, 5.41) is 9.24. The van der Waals surface area contributed by atoms with Crippen LogP contribution < -0.4 is 16.0 Å². The second kappa shape index (κ2) is 9.42. The van der Waals surface area contributed by atoms with Gasteiger partial charge in [-0.2, -0.15) is 0 Å². The summed E-state index contributed by atoms with van der Waals surface area (Å²) in [7, 11) is 1.71. The lowest BCUT2D eigenvalue weighted by Gasteiger charge is -2.18. The Morgan fingerprint density at radius 1 is 1.20 bits per heavy atom. The Hall–Kier alpha value is -2.89. The first-order valence-corrected chi connectivity index (χ1v) is 8.33. The summed E-state index contributed by atoms with van der Waals surface area (Å²) in [6, 6.07) is 14.0. The molecular formula is C19H25N5O. The van der Waals surface area contributed by atoms with E-state index in [0.29, 0.717) is 24.7 Å². The number of nitrogens with zero attached hydrogens (tertiary/aromatic N) is 2. The van der Waals surface area contributed by atoms with Crippen molar-refractivity contribution in [2.24, 2.45) is 4.99 Å². The molecule has 0 saturated carbocycles. The van der Waals surface area contributed by atoms with E-state index in [9.17, 15) is 4.79 Å². The van der Waals surface area contributed by atoms with Crippen LogP contribution in [0.1, 0.15) is 30.5 Å². The predicted octanol–water partition coefficient (Wildman–Crippen LogP) is 2.64. The Morgan fingerprint density at radius 3 is 2.60 bits per heavy atom. The van der Waals surface area contributed by atoms with Crippen LogP contribution >= 0.6 is 0 Å². The van der Waals surface area contributed by atoms with Crippen LogP contribution in [0.15, 0.2) is 53.7 Å². The van der Waals surface area contributed by atoms with Crippen molar-refractivity contribution in [3.05, 3.63) is 59.8 Å². The van der Waals surface area contributed by atoms with Gasteiger partial charge < -0.3 is 16.0 Å². The standard InChI is InChI=1S/C19H25N5O/c1-14-9-10-17(22-13-14)24-18(25)11-12-21-19(20-3)23-15(2)16-7-5-4-6-8-16/h4-10,13,15H,11-12H2,1-3H3,(H2,20,21,23)(H,22,24,25). The predicted molar refractivity (Wildman–Crippen MR) is 102 cm³/mol. The van der Waals surface area contributed by atoms with E-state index in [-0.39, 0.29) is 11.9 Å². The Morgan fingerprint density at radius 2 is 1.96 bits per heavy atom. The van der Waals surface area contributed by atoms with Crippen LogP contribution in [0.2, 0.25) is 0 Å². The molecule has 25 heavy (non-hydrogen) atoms. The molecule has 6 nitrogen and oxygen atoms in total. The fourth-order valence-electron chi connectivity index (χ4n) is 2.27. The molecule has 132 valence electrons. The Kier molecular flexibility index (Phi) is 6.95. The van der Waals surface area contributed by atoms with E-state index in [4.69, 9.17) is 0 Å². The number of carbonyl (C=O) groups excluding carboxylic acids is 1. The van der Waals surface area contributed by atoms with Crippen LogP contribution in [0.25, 0.3) is 0 Å². The van der Waals surface area contributed by atoms with Crippen molar-refractivity contribution in [3.63, 3.8) is 0 Å². The van der Waals surface area contributed by atoms with Crippen LogP contribution in [0.5, 0.6) is 0 Å². The molecule has 3 N–H and O–H groups in total. The van der Waals surface area contributed by atoms with Crippen LogP contribution in [-0.4, -0.2) is 30.4 Å². The maximum absolute atomic E-state index is 12.0. The monoisotopic (exact) mass is 339 g/mol. The van der Waals surface area contributed by atoms with E-state index in [2.05, 4.69) is 45.0 Å². The van der Waals surface area contributed by atoms with Crippen molar-refractivity contribution < 1.29 is 4.79 Å². The summed E-state index contributed by atoms with van der Waals surface area (Å²) in [6.45, 7) is 4.51. The summed E-state index contributed by atoms with van der Waals surface area (Å²) in [4.78, 5) is 20.3. The molecule has 1 aromatic carbocycles. The maximum Gasteiger partial charge on any atom is 0.227 e. The first kappa shape index (κ1) is 18.4. The zero-order valence-electron chi connectivity index (χ0n) is 14.9. The molecule has 0 radical (unpaired) electrons. The topological polar surface area (TPSA) is 78.4 Å². The van der Waals surface area contributed by atoms with Gasteiger partial charge in [-0.3, -0.25) is 9.79 Å². The number of amides is 1. The maximum atomic E-state index is 12.0. The van der Waals surface area contributed by atoms with Gasteiger partial charge >= 0.3 is 0 Å². The normalized spacial score (nSPS) is 12.4. The van der Waals surface area contributed by atoms with Crippen molar-refractivity contribution in [1.29, 1.82) is 0 Å². The molecule has 1 unspecified atom stereocenters. The van der Waals surface area contributed by atoms with Crippen molar-refractivity contribution >= 4 is 17.7 Å². The van der Waals surface area contributed by atoms with Gasteiger partial charge in [-0.1, -0.05) is 36.4 Å². The molecule has 2 aromatic rings. The summed E-state index contributed by atoms with van der Waals surface area (Å²) < 4.78 is 0. The molecule has 1 amide bonds. The molecule has 1 aromatic heterocycles. The number of anilines is 1. The molecular weight excluding hydrogens is 314 g/mol. The Labute approximate surface area is 148 Å². The zero-order chi connectivity index (χ0) is 18.1. The van der Waals surface area contributed by atoms with E-state index in [0.717, 1.165) is 5.56 Å². The fraction of sp³-hybridized carbons (Fsp3) is 0.316. The molecule has 1 heterocycles. The van der Waals surface area contributed by atoms with E-state index in [1.807, 2.05) is 31.2 Å². The first-order valence-electron chi connectivity index (χ1n) is 8.33. The number of pyridine rings is 1. The summed E-state index contributed by atoms with van der Waals surface area (Å²) in [6.07, 6.45) is 2.06. The highest BCUT2D eigenvalue weighted by atomic mass is 16.1. The average molecular weight is 339 g/mol. The number of guanidine groups is 1. The largest absolute Gasteiger partial charge is 0.356 e. The van der Waals surface area contributed by atoms with Gasteiger partial charge in [-0.15, -0.1) is 0 Å². The lowest BCUT2D eigenvalue weighted by Crippen LogP contribution is -2.39. The lowest BCUT2D eigenvalue weighted by atomic mass is 10.1. The minimum atomic E-state index is -0.0876. The van der Waals surface area contributed by atoms with E-state index in [1.54, 1.807) is 19.3 Å². The van der Waals surface area contributed by atoms with Gasteiger partial charge in [-0.05, 0) is 31.0 Å². The number of aryl methyl sites for hydroxylation is 1. The van der Waals surface area contributed by atoms with Gasteiger partial charge in [0.2, 0.25) is 5.91 Å². The molecule has 0 aliphatic heterocycles. The smallest absolute Gasteiger partial charge is 0.227 e. The molecule has 0 spiro atoms. The van der Waals surface area contributed by atoms with Gasteiger partial charge in [0.05, 0.1) is 6.04 Å². The van der Waals surface area contributed by atoms with Crippen molar-refractivity contribution in [2.75, 3.05) is 18.9 Å². The Bertz CT molecular complexity index is 698. The summed E-state index contributed by atoms with van der Waals surface area (Å²) in [5.41, 5.74) is 2.23. The van der Waals surface area contributed by atoms with Gasteiger partial charge in [0.25, 0.3) is 0 Å². The second-order valence-electron chi connectivity index (χ2n) is 5.79.